The molecule has 0 N–H and O–H groups in total. The smallest absolute Gasteiger partial charge is 0.416 e. The summed E-state index contributed by atoms with van der Waals surface area (Å²) in [5.41, 5.74) is 0.130. The van der Waals surface area contributed by atoms with Crippen molar-refractivity contribution in [2.75, 3.05) is 13.1 Å². The van der Waals surface area contributed by atoms with Crippen LogP contribution >= 0.6 is 0 Å². The molecular weight excluding hydrogens is 421 g/mol. The zero-order chi connectivity index (χ0) is 22.9. The van der Waals surface area contributed by atoms with E-state index < -0.39 is 11.7 Å². The Hall–Kier alpha value is -2.87. The Kier molecular flexibility index (Phi) is 6.24. The first-order chi connectivity index (χ1) is 15.3. The van der Waals surface area contributed by atoms with E-state index >= 15 is 0 Å². The number of ether oxygens (including phenoxy) is 1. The van der Waals surface area contributed by atoms with Crippen LogP contribution in [0.2, 0.25) is 0 Å². The van der Waals surface area contributed by atoms with Gasteiger partial charge in [0.25, 0.3) is 11.8 Å². The van der Waals surface area contributed by atoms with Gasteiger partial charge in [-0.3, -0.25) is 19.4 Å². The Balaban J connectivity index is 1.48. The number of halogens is 3. The van der Waals surface area contributed by atoms with Crippen LogP contribution in [-0.4, -0.2) is 47.0 Å². The Morgan fingerprint density at radius 3 is 2.22 bits per heavy atom. The molecule has 0 radical (unpaired) electrons. The summed E-state index contributed by atoms with van der Waals surface area (Å²) >= 11 is 0. The number of rotatable bonds is 6. The Morgan fingerprint density at radius 1 is 1.03 bits per heavy atom. The van der Waals surface area contributed by atoms with Crippen molar-refractivity contribution in [1.29, 1.82) is 0 Å². The van der Waals surface area contributed by atoms with Crippen molar-refractivity contribution < 1.29 is 27.5 Å². The molecule has 8 heteroatoms. The van der Waals surface area contributed by atoms with E-state index in [2.05, 4.69) is 4.90 Å². The molecule has 5 nitrogen and oxygen atoms in total. The number of hydrogen-bond donors (Lipinski definition) is 0. The summed E-state index contributed by atoms with van der Waals surface area (Å²) in [4.78, 5) is 29.5. The molecule has 2 heterocycles. The van der Waals surface area contributed by atoms with Crippen LogP contribution in [0.5, 0.6) is 5.75 Å². The SMILES string of the molecule is CCCC(N1CCCC(Oc2ccc(C(F)(F)F)cc2)C1)N1C(=O)c2ccccc2C1=O. The predicted octanol–water partition coefficient (Wildman–Crippen LogP) is 4.97. The standard InChI is InChI=1S/C24H25F3N2O3/c1-2-6-21(29-22(30)19-8-3-4-9-20(19)23(29)31)28-14-5-7-18(15-28)32-17-12-10-16(11-13-17)24(25,26)27/h3-4,8-13,18,21H,2,5-7,14-15H2,1H3. The molecule has 2 atom stereocenters. The second kappa shape index (κ2) is 8.94. The molecular formula is C24H25F3N2O3. The Labute approximate surface area is 184 Å². The van der Waals surface area contributed by atoms with Gasteiger partial charge in [0.15, 0.2) is 0 Å². The number of likely N-dealkylation sites (tertiary alicyclic amines) is 1. The average Bonchev–Trinajstić information content (AvgIpc) is 3.02. The summed E-state index contributed by atoms with van der Waals surface area (Å²) in [5.74, 6) is -0.192. The molecule has 2 aliphatic heterocycles. The van der Waals surface area contributed by atoms with Crippen molar-refractivity contribution in [2.24, 2.45) is 0 Å². The highest BCUT2D eigenvalue weighted by Gasteiger charge is 2.42. The van der Waals surface area contributed by atoms with Crippen molar-refractivity contribution in [2.45, 2.75) is 51.1 Å². The Bertz CT molecular complexity index is 956. The molecule has 2 aliphatic rings. The highest BCUT2D eigenvalue weighted by atomic mass is 19.4. The molecule has 32 heavy (non-hydrogen) atoms. The minimum absolute atomic E-state index is 0.241. The lowest BCUT2D eigenvalue weighted by atomic mass is 10.1. The molecule has 1 saturated heterocycles. The van der Waals surface area contributed by atoms with Crippen LogP contribution in [0.25, 0.3) is 0 Å². The topological polar surface area (TPSA) is 49.9 Å². The fourth-order valence-electron chi connectivity index (χ4n) is 4.46. The predicted molar refractivity (Wildman–Crippen MR) is 112 cm³/mol. The lowest BCUT2D eigenvalue weighted by Crippen LogP contribution is -2.55. The van der Waals surface area contributed by atoms with Gasteiger partial charge in [0.05, 0.1) is 22.9 Å². The van der Waals surface area contributed by atoms with Crippen molar-refractivity contribution in [3.63, 3.8) is 0 Å². The monoisotopic (exact) mass is 446 g/mol. The highest BCUT2D eigenvalue weighted by Crippen LogP contribution is 2.32. The summed E-state index contributed by atoms with van der Waals surface area (Å²) in [7, 11) is 0. The largest absolute Gasteiger partial charge is 0.489 e. The number of nitrogens with zero attached hydrogens (tertiary/aromatic N) is 2. The minimum Gasteiger partial charge on any atom is -0.489 e. The van der Waals surface area contributed by atoms with Gasteiger partial charge in [0.2, 0.25) is 0 Å². The fourth-order valence-corrected chi connectivity index (χ4v) is 4.46. The molecule has 2 amide bonds. The third-order valence-electron chi connectivity index (χ3n) is 5.99. The lowest BCUT2D eigenvalue weighted by Gasteiger charge is -2.41. The summed E-state index contributed by atoms with van der Waals surface area (Å²) < 4.78 is 44.3. The first kappa shape index (κ1) is 22.3. The van der Waals surface area contributed by atoms with E-state index in [-0.39, 0.29) is 24.1 Å². The molecule has 2 aromatic carbocycles. The molecule has 0 aliphatic carbocycles. The maximum absolute atomic E-state index is 13.0. The zero-order valence-electron chi connectivity index (χ0n) is 17.8. The number of carbonyl (C=O) groups excluding carboxylic acids is 2. The number of carbonyl (C=O) groups is 2. The maximum atomic E-state index is 13.0. The van der Waals surface area contributed by atoms with E-state index in [4.69, 9.17) is 4.74 Å². The van der Waals surface area contributed by atoms with E-state index in [1.54, 1.807) is 24.3 Å². The van der Waals surface area contributed by atoms with E-state index in [1.165, 1.54) is 17.0 Å². The summed E-state index contributed by atoms with van der Waals surface area (Å²) in [6.07, 6.45) is -2.04. The third kappa shape index (κ3) is 4.37. The highest BCUT2D eigenvalue weighted by molar-refractivity contribution is 6.21. The van der Waals surface area contributed by atoms with Crippen LogP contribution in [0.3, 0.4) is 0 Å². The number of imide groups is 1. The van der Waals surface area contributed by atoms with Crippen LogP contribution in [0.15, 0.2) is 48.5 Å². The Morgan fingerprint density at radius 2 is 1.66 bits per heavy atom. The van der Waals surface area contributed by atoms with E-state index in [9.17, 15) is 22.8 Å². The van der Waals surface area contributed by atoms with Crippen LogP contribution in [0, 0.1) is 0 Å². The lowest BCUT2D eigenvalue weighted by molar-refractivity contribution is -0.137. The van der Waals surface area contributed by atoms with Gasteiger partial charge in [-0.1, -0.05) is 25.5 Å². The van der Waals surface area contributed by atoms with Crippen molar-refractivity contribution in [3.8, 4) is 5.75 Å². The van der Waals surface area contributed by atoms with Crippen LogP contribution in [0.1, 0.15) is 58.9 Å². The first-order valence-electron chi connectivity index (χ1n) is 10.8. The van der Waals surface area contributed by atoms with Crippen LogP contribution < -0.4 is 4.74 Å². The number of benzene rings is 2. The summed E-state index contributed by atoms with van der Waals surface area (Å²) in [5, 5.41) is 0. The van der Waals surface area contributed by atoms with Gasteiger partial charge in [0, 0.05) is 13.1 Å². The van der Waals surface area contributed by atoms with Gasteiger partial charge in [-0.25, -0.2) is 0 Å². The molecule has 0 bridgehead atoms. The molecule has 4 rings (SSSR count). The molecule has 0 spiro atoms. The van der Waals surface area contributed by atoms with Crippen molar-refractivity contribution in [1.82, 2.24) is 9.80 Å². The maximum Gasteiger partial charge on any atom is 0.416 e. The molecule has 0 aromatic heterocycles. The van der Waals surface area contributed by atoms with Crippen LogP contribution in [-0.2, 0) is 6.18 Å². The number of alkyl halides is 3. The molecule has 170 valence electrons. The van der Waals surface area contributed by atoms with Gasteiger partial charge in [-0.05, 0) is 55.7 Å². The normalized spacial score (nSPS) is 20.4. The first-order valence-corrected chi connectivity index (χ1v) is 10.8. The second-order valence-corrected chi connectivity index (χ2v) is 8.19. The van der Waals surface area contributed by atoms with E-state index in [0.717, 1.165) is 31.4 Å². The van der Waals surface area contributed by atoms with Gasteiger partial charge < -0.3 is 4.74 Å². The molecule has 0 saturated carbocycles. The molecule has 2 unspecified atom stereocenters. The minimum atomic E-state index is -4.39. The van der Waals surface area contributed by atoms with Gasteiger partial charge in [-0.2, -0.15) is 13.2 Å². The van der Waals surface area contributed by atoms with E-state index in [0.29, 0.717) is 36.4 Å². The van der Waals surface area contributed by atoms with Crippen molar-refractivity contribution in [3.05, 3.63) is 65.2 Å². The third-order valence-corrected chi connectivity index (χ3v) is 5.99. The second-order valence-electron chi connectivity index (χ2n) is 8.19. The van der Waals surface area contributed by atoms with Crippen LogP contribution in [0.4, 0.5) is 13.2 Å². The number of fused-ring (bicyclic) bond motifs is 1. The van der Waals surface area contributed by atoms with Crippen molar-refractivity contribution >= 4 is 11.8 Å². The average molecular weight is 446 g/mol. The summed E-state index contributed by atoms with van der Waals surface area (Å²) in [6, 6.07) is 11.5. The molecule has 1 fully saturated rings. The number of piperidine rings is 1. The van der Waals surface area contributed by atoms with Gasteiger partial charge >= 0.3 is 6.18 Å². The van der Waals surface area contributed by atoms with Gasteiger partial charge in [-0.15, -0.1) is 0 Å². The quantitative estimate of drug-likeness (QED) is 0.588. The number of hydrogen-bond acceptors (Lipinski definition) is 4. The zero-order valence-corrected chi connectivity index (χ0v) is 17.8. The number of amides is 2. The molecule has 2 aromatic rings. The van der Waals surface area contributed by atoms with E-state index in [1.807, 2.05) is 6.92 Å². The summed E-state index contributed by atoms with van der Waals surface area (Å²) in [6.45, 7) is 3.20. The van der Waals surface area contributed by atoms with Gasteiger partial charge in [0.1, 0.15) is 11.9 Å². The fraction of sp³-hybridized carbons (Fsp3) is 0.417.